The predicted octanol–water partition coefficient (Wildman–Crippen LogP) is 2.07. The molecule has 2 aromatic rings. The van der Waals surface area contributed by atoms with Crippen molar-refractivity contribution in [1.82, 2.24) is 20.1 Å². The lowest BCUT2D eigenvalue weighted by molar-refractivity contribution is -0.141. The molecule has 148 valence electrons. The van der Waals surface area contributed by atoms with Crippen LogP contribution in [0.15, 0.2) is 41.7 Å². The van der Waals surface area contributed by atoms with Crippen molar-refractivity contribution in [2.24, 2.45) is 4.99 Å². The average Bonchev–Trinajstić information content (AvgIpc) is 3.31. The summed E-state index contributed by atoms with van der Waals surface area (Å²) in [5, 5.41) is 8.23. The number of hydrogen-bond donors (Lipinski definition) is 1. The van der Waals surface area contributed by atoms with Crippen LogP contribution in [0.25, 0.3) is 5.70 Å². The Morgan fingerprint density at radius 3 is 2.82 bits per heavy atom. The van der Waals surface area contributed by atoms with Gasteiger partial charge in [0.2, 0.25) is 0 Å². The van der Waals surface area contributed by atoms with Gasteiger partial charge in [-0.3, -0.25) is 0 Å². The van der Waals surface area contributed by atoms with Gasteiger partial charge >= 0.3 is 6.18 Å². The van der Waals surface area contributed by atoms with Crippen molar-refractivity contribution < 1.29 is 13.2 Å². The zero-order valence-electron chi connectivity index (χ0n) is 15.4. The summed E-state index contributed by atoms with van der Waals surface area (Å²) in [5.74, 6) is 0.447. The minimum atomic E-state index is -4.48. The van der Waals surface area contributed by atoms with Crippen LogP contribution >= 0.6 is 0 Å². The van der Waals surface area contributed by atoms with E-state index in [-0.39, 0.29) is 6.04 Å². The third-order valence-corrected chi connectivity index (χ3v) is 5.29. The van der Waals surface area contributed by atoms with Crippen molar-refractivity contribution in [3.63, 3.8) is 0 Å². The summed E-state index contributed by atoms with van der Waals surface area (Å²) in [6.45, 7) is 1.66. The highest BCUT2D eigenvalue weighted by Crippen LogP contribution is 2.29. The predicted molar refractivity (Wildman–Crippen MR) is 98.8 cm³/mol. The first-order chi connectivity index (χ1) is 13.4. The Hall–Kier alpha value is -2.84. The van der Waals surface area contributed by atoms with Crippen molar-refractivity contribution in [3.8, 4) is 0 Å². The number of rotatable bonds is 3. The van der Waals surface area contributed by atoms with E-state index >= 15 is 0 Å². The van der Waals surface area contributed by atoms with Gasteiger partial charge in [0.1, 0.15) is 5.49 Å². The van der Waals surface area contributed by atoms with Crippen LogP contribution in [0.3, 0.4) is 0 Å². The zero-order chi connectivity index (χ0) is 19.7. The van der Waals surface area contributed by atoms with E-state index in [0.717, 1.165) is 49.1 Å². The van der Waals surface area contributed by atoms with Crippen molar-refractivity contribution >= 4 is 11.5 Å². The number of alkyl halides is 3. The molecule has 0 saturated carbocycles. The first kappa shape index (κ1) is 18.5. The molecule has 0 aromatic carbocycles. The van der Waals surface area contributed by atoms with Crippen molar-refractivity contribution in [2.45, 2.75) is 31.5 Å². The molecule has 1 fully saturated rings. The molecule has 2 aromatic heterocycles. The van der Waals surface area contributed by atoms with E-state index in [4.69, 9.17) is 0 Å². The van der Waals surface area contributed by atoms with E-state index in [2.05, 4.69) is 31.1 Å². The summed E-state index contributed by atoms with van der Waals surface area (Å²) >= 11 is 0. The Labute approximate surface area is 160 Å². The second-order valence-corrected chi connectivity index (χ2v) is 7.01. The molecule has 2 aliphatic heterocycles. The van der Waals surface area contributed by atoms with Crippen molar-refractivity contribution in [2.75, 3.05) is 25.0 Å². The molecule has 1 saturated heterocycles. The van der Waals surface area contributed by atoms with E-state index < -0.39 is 11.9 Å². The Kier molecular flexibility index (Phi) is 4.82. The van der Waals surface area contributed by atoms with Gasteiger partial charge in [0.25, 0.3) is 0 Å². The molecule has 1 unspecified atom stereocenters. The Morgan fingerprint density at radius 2 is 2.07 bits per heavy atom. The van der Waals surface area contributed by atoms with E-state index in [0.29, 0.717) is 5.82 Å². The van der Waals surface area contributed by atoms with Crippen LogP contribution in [0.2, 0.25) is 0 Å². The quantitative estimate of drug-likeness (QED) is 0.872. The Balaban J connectivity index is 1.53. The number of fused-ring (bicyclic) bond motifs is 1. The molecule has 0 spiro atoms. The standard InChI is InChI=1S/C19H21F3N6/c1-27(17-6-5-16(25-26-17)19(20,21)22)13-8-11-28(12-13)15-4-2-3-9-23-18-14(15)7-10-24-18/h3,5-7,9-10,13H,2,4,8,11-12H2,1H3,(H,23,24). The van der Waals surface area contributed by atoms with Crippen molar-refractivity contribution in [3.05, 3.63) is 53.1 Å². The number of anilines is 1. The van der Waals surface area contributed by atoms with Crippen LogP contribution in [0.4, 0.5) is 19.0 Å². The van der Waals surface area contributed by atoms with Crippen LogP contribution in [0.5, 0.6) is 0 Å². The maximum absolute atomic E-state index is 12.7. The molecule has 1 atom stereocenters. The fourth-order valence-corrected chi connectivity index (χ4v) is 3.74. The van der Waals surface area contributed by atoms with Gasteiger partial charge < -0.3 is 14.8 Å². The Morgan fingerprint density at radius 1 is 1.21 bits per heavy atom. The second kappa shape index (κ2) is 7.29. The summed E-state index contributed by atoms with van der Waals surface area (Å²) in [4.78, 5) is 11.9. The lowest BCUT2D eigenvalue weighted by Crippen LogP contribution is -2.37. The van der Waals surface area contributed by atoms with E-state index in [9.17, 15) is 13.2 Å². The highest BCUT2D eigenvalue weighted by atomic mass is 19.4. The van der Waals surface area contributed by atoms with Crippen LogP contribution in [0, 0.1) is 0 Å². The maximum atomic E-state index is 12.7. The number of aromatic amines is 1. The SMILES string of the molecule is CN(c1ccc(C(F)(F)F)nn1)C1CCN(C2=c3cc[nH]c3=NC=CCC2)C1. The van der Waals surface area contributed by atoms with E-state index in [1.165, 1.54) is 11.8 Å². The van der Waals surface area contributed by atoms with Crippen LogP contribution < -0.4 is 15.6 Å². The third-order valence-electron chi connectivity index (χ3n) is 5.29. The van der Waals surface area contributed by atoms with Crippen molar-refractivity contribution in [1.29, 1.82) is 0 Å². The van der Waals surface area contributed by atoms with Gasteiger partial charge in [-0.15, -0.1) is 10.2 Å². The summed E-state index contributed by atoms with van der Waals surface area (Å²) in [6, 6.07) is 4.56. The van der Waals surface area contributed by atoms with Gasteiger partial charge in [-0.05, 0) is 37.5 Å². The number of H-pyrrole nitrogens is 1. The van der Waals surface area contributed by atoms with Gasteiger partial charge in [-0.1, -0.05) is 6.08 Å². The number of allylic oxidation sites excluding steroid dienone is 1. The minimum Gasteiger partial charge on any atom is -0.372 e. The molecule has 4 rings (SSSR count). The summed E-state index contributed by atoms with van der Waals surface area (Å²) in [5.41, 5.74) is 1.13. The first-order valence-corrected chi connectivity index (χ1v) is 9.21. The molecule has 1 N–H and O–H groups in total. The first-order valence-electron chi connectivity index (χ1n) is 9.21. The van der Waals surface area contributed by atoms with E-state index in [1.807, 2.05) is 30.4 Å². The summed E-state index contributed by atoms with van der Waals surface area (Å²) in [7, 11) is 1.86. The molecular formula is C19H21F3N6. The fourth-order valence-electron chi connectivity index (χ4n) is 3.74. The molecule has 0 bridgehead atoms. The highest BCUT2D eigenvalue weighted by Gasteiger charge is 2.34. The van der Waals surface area contributed by atoms with E-state index in [1.54, 1.807) is 0 Å². The topological polar surface area (TPSA) is 60.4 Å². The number of hydrogen-bond acceptors (Lipinski definition) is 5. The van der Waals surface area contributed by atoms with Gasteiger partial charge in [0.15, 0.2) is 11.5 Å². The normalized spacial score (nSPS) is 19.8. The summed E-state index contributed by atoms with van der Waals surface area (Å²) < 4.78 is 38.1. The molecule has 0 radical (unpaired) electrons. The monoisotopic (exact) mass is 390 g/mol. The number of nitrogens with zero attached hydrogens (tertiary/aromatic N) is 5. The largest absolute Gasteiger partial charge is 0.435 e. The van der Waals surface area contributed by atoms with Crippen LogP contribution in [-0.4, -0.2) is 46.3 Å². The van der Waals surface area contributed by atoms with Gasteiger partial charge in [0.05, 0.1) is 0 Å². The highest BCUT2D eigenvalue weighted by molar-refractivity contribution is 5.45. The molecule has 6 nitrogen and oxygen atoms in total. The number of likely N-dealkylation sites (N-methyl/N-ethyl adjacent to an activating group) is 1. The lowest BCUT2D eigenvalue weighted by atomic mass is 10.1. The molecule has 0 amide bonds. The minimum absolute atomic E-state index is 0.152. The fraction of sp³-hybridized carbons (Fsp3) is 0.421. The number of aromatic nitrogens is 3. The molecule has 9 heteroatoms. The van der Waals surface area contributed by atoms with Crippen LogP contribution in [-0.2, 0) is 6.18 Å². The van der Waals surface area contributed by atoms with Gasteiger partial charge in [0, 0.05) is 49.5 Å². The molecule has 28 heavy (non-hydrogen) atoms. The third kappa shape index (κ3) is 3.61. The number of likely N-dealkylation sites (tertiary alicyclic amines) is 1. The number of halogens is 3. The molecule has 4 heterocycles. The molecular weight excluding hydrogens is 369 g/mol. The second-order valence-electron chi connectivity index (χ2n) is 7.01. The Bertz CT molecular complexity index is 976. The van der Waals surface area contributed by atoms with Gasteiger partial charge in [-0.2, -0.15) is 13.2 Å². The molecule has 2 aliphatic rings. The number of nitrogens with one attached hydrogen (secondary N) is 1. The van der Waals surface area contributed by atoms with Gasteiger partial charge in [-0.25, -0.2) is 4.99 Å². The smallest absolute Gasteiger partial charge is 0.372 e. The van der Waals surface area contributed by atoms with Crippen LogP contribution in [0.1, 0.15) is 25.0 Å². The zero-order valence-corrected chi connectivity index (χ0v) is 15.4. The summed E-state index contributed by atoms with van der Waals surface area (Å²) in [6.07, 6.45) is 4.05. The lowest BCUT2D eigenvalue weighted by Gasteiger charge is -2.27. The average molecular weight is 390 g/mol. The maximum Gasteiger partial charge on any atom is 0.435 e. The molecule has 0 aliphatic carbocycles.